The number of amides is 1. The molecule has 2 rings (SSSR count). The largest absolute Gasteiger partial charge is 0.477 e. The number of piperidine rings is 1. The van der Waals surface area contributed by atoms with Gasteiger partial charge in [0.1, 0.15) is 12.4 Å². The molecule has 1 fully saturated rings. The van der Waals surface area contributed by atoms with Crippen molar-refractivity contribution in [1.82, 2.24) is 9.88 Å². The fourth-order valence-electron chi connectivity index (χ4n) is 2.93. The molecule has 1 aliphatic heterocycles. The number of alkyl halides is 3. The number of anilines is 1. The second-order valence-electron chi connectivity index (χ2n) is 5.94. The molecule has 1 unspecified atom stereocenters. The van der Waals surface area contributed by atoms with Crippen LogP contribution < -0.4 is 4.90 Å². The van der Waals surface area contributed by atoms with E-state index in [0.717, 1.165) is 4.90 Å². The van der Waals surface area contributed by atoms with Gasteiger partial charge in [0.25, 0.3) is 0 Å². The van der Waals surface area contributed by atoms with E-state index in [2.05, 4.69) is 4.98 Å². The smallest absolute Gasteiger partial charge is 0.406 e. The normalized spacial score (nSPS) is 18.1. The molecule has 0 aromatic carbocycles. The van der Waals surface area contributed by atoms with Crippen molar-refractivity contribution < 1.29 is 27.9 Å². The maximum absolute atomic E-state index is 12.6. The van der Waals surface area contributed by atoms with Crippen molar-refractivity contribution in [3.63, 3.8) is 0 Å². The highest BCUT2D eigenvalue weighted by Crippen LogP contribution is 2.25. The van der Waals surface area contributed by atoms with Crippen LogP contribution in [0.5, 0.6) is 0 Å². The van der Waals surface area contributed by atoms with E-state index in [1.807, 2.05) is 0 Å². The summed E-state index contributed by atoms with van der Waals surface area (Å²) in [5.41, 5.74) is -0.113. The van der Waals surface area contributed by atoms with E-state index in [0.29, 0.717) is 25.2 Å². The zero-order chi connectivity index (χ0) is 18.6. The van der Waals surface area contributed by atoms with Gasteiger partial charge in [-0.15, -0.1) is 0 Å². The first-order valence-electron chi connectivity index (χ1n) is 8.02. The van der Waals surface area contributed by atoms with Crippen LogP contribution in [-0.4, -0.2) is 59.2 Å². The van der Waals surface area contributed by atoms with Crippen LogP contribution in [0, 0.1) is 5.92 Å². The minimum absolute atomic E-state index is 0.0123. The summed E-state index contributed by atoms with van der Waals surface area (Å²) < 4.78 is 37.8. The molecule has 6 nitrogen and oxygen atoms in total. The fraction of sp³-hybridized carbons (Fsp3) is 0.562. The van der Waals surface area contributed by atoms with Crippen LogP contribution in [0.2, 0.25) is 0 Å². The second-order valence-corrected chi connectivity index (χ2v) is 5.94. The number of hydrogen-bond acceptors (Lipinski definition) is 4. The van der Waals surface area contributed by atoms with Gasteiger partial charge in [-0.25, -0.2) is 9.78 Å². The lowest BCUT2D eigenvalue weighted by molar-refractivity contribution is -0.163. The van der Waals surface area contributed by atoms with E-state index in [1.54, 1.807) is 17.0 Å². The lowest BCUT2D eigenvalue weighted by Crippen LogP contribution is -2.47. The minimum Gasteiger partial charge on any atom is -0.477 e. The van der Waals surface area contributed by atoms with E-state index in [1.165, 1.54) is 13.0 Å². The lowest BCUT2D eigenvalue weighted by atomic mass is 9.96. The summed E-state index contributed by atoms with van der Waals surface area (Å²) >= 11 is 0. The SMILES string of the molecule is CCN(CC(F)(F)F)C(=O)C1CCCN(c2cccc(C(=O)O)n2)C1. The fourth-order valence-corrected chi connectivity index (χ4v) is 2.93. The summed E-state index contributed by atoms with van der Waals surface area (Å²) in [5.74, 6) is -1.84. The molecular formula is C16H20F3N3O3. The molecule has 9 heteroatoms. The molecule has 2 heterocycles. The Morgan fingerprint density at radius 2 is 2.12 bits per heavy atom. The summed E-state index contributed by atoms with van der Waals surface area (Å²) in [6.07, 6.45) is -3.31. The lowest BCUT2D eigenvalue weighted by Gasteiger charge is -2.35. The Bertz CT molecular complexity index is 637. The molecule has 0 bridgehead atoms. The summed E-state index contributed by atoms with van der Waals surface area (Å²) in [7, 11) is 0. The number of nitrogens with zero attached hydrogens (tertiary/aromatic N) is 3. The van der Waals surface area contributed by atoms with E-state index in [4.69, 9.17) is 5.11 Å². The van der Waals surface area contributed by atoms with Gasteiger partial charge in [0, 0.05) is 19.6 Å². The van der Waals surface area contributed by atoms with Crippen molar-refractivity contribution in [3.8, 4) is 0 Å². The third kappa shape index (κ3) is 5.07. The number of aromatic nitrogens is 1. The summed E-state index contributed by atoms with van der Waals surface area (Å²) in [5, 5.41) is 9.01. The zero-order valence-corrected chi connectivity index (χ0v) is 13.8. The predicted octanol–water partition coefficient (Wildman–Crippen LogP) is 2.41. The highest BCUT2D eigenvalue weighted by molar-refractivity contribution is 5.85. The number of halogens is 3. The zero-order valence-electron chi connectivity index (χ0n) is 13.8. The van der Waals surface area contributed by atoms with Crippen molar-refractivity contribution in [2.24, 2.45) is 5.92 Å². The Morgan fingerprint density at radius 3 is 2.72 bits per heavy atom. The number of carbonyl (C=O) groups excluding carboxylic acids is 1. The topological polar surface area (TPSA) is 73.7 Å². The molecule has 1 aromatic heterocycles. The number of pyridine rings is 1. The maximum atomic E-state index is 12.6. The number of carbonyl (C=O) groups is 2. The van der Waals surface area contributed by atoms with Crippen molar-refractivity contribution >= 4 is 17.7 Å². The monoisotopic (exact) mass is 359 g/mol. The molecule has 25 heavy (non-hydrogen) atoms. The van der Waals surface area contributed by atoms with Gasteiger partial charge in [-0.3, -0.25) is 4.79 Å². The van der Waals surface area contributed by atoms with Crippen LogP contribution in [0.3, 0.4) is 0 Å². The third-order valence-corrected chi connectivity index (χ3v) is 4.11. The first-order valence-corrected chi connectivity index (χ1v) is 8.02. The van der Waals surface area contributed by atoms with Crippen LogP contribution in [-0.2, 0) is 4.79 Å². The first-order chi connectivity index (χ1) is 11.7. The van der Waals surface area contributed by atoms with Crippen molar-refractivity contribution in [2.75, 3.05) is 31.1 Å². The standard InChI is InChI=1S/C16H20F3N3O3/c1-2-21(10-16(17,18)19)14(23)11-5-4-8-22(9-11)13-7-3-6-12(20-13)15(24)25/h3,6-7,11H,2,4-5,8-10H2,1H3,(H,24,25). The molecule has 1 amide bonds. The highest BCUT2D eigenvalue weighted by atomic mass is 19.4. The van der Waals surface area contributed by atoms with Crippen molar-refractivity contribution in [1.29, 1.82) is 0 Å². The first kappa shape index (κ1) is 19.0. The second kappa shape index (κ2) is 7.71. The maximum Gasteiger partial charge on any atom is 0.406 e. The summed E-state index contributed by atoms with van der Waals surface area (Å²) in [6, 6.07) is 4.55. The van der Waals surface area contributed by atoms with Crippen LogP contribution in [0.15, 0.2) is 18.2 Å². The average molecular weight is 359 g/mol. The number of hydrogen-bond donors (Lipinski definition) is 1. The van der Waals surface area contributed by atoms with Gasteiger partial charge in [-0.05, 0) is 31.9 Å². The molecule has 1 atom stereocenters. The molecule has 0 aliphatic carbocycles. The number of carboxylic acid groups (broad SMARTS) is 1. The van der Waals surface area contributed by atoms with Crippen molar-refractivity contribution in [3.05, 3.63) is 23.9 Å². The van der Waals surface area contributed by atoms with Crippen LogP contribution >= 0.6 is 0 Å². The van der Waals surface area contributed by atoms with Crippen LogP contribution in [0.25, 0.3) is 0 Å². The number of rotatable bonds is 5. The van der Waals surface area contributed by atoms with Gasteiger partial charge in [0.2, 0.25) is 5.91 Å². The molecule has 138 valence electrons. The molecule has 0 spiro atoms. The quantitative estimate of drug-likeness (QED) is 0.874. The molecule has 1 saturated heterocycles. The Labute approximate surface area is 143 Å². The minimum atomic E-state index is -4.43. The predicted molar refractivity (Wildman–Crippen MR) is 84.4 cm³/mol. The Balaban J connectivity index is 2.10. The van der Waals surface area contributed by atoms with Gasteiger partial charge >= 0.3 is 12.1 Å². The summed E-state index contributed by atoms with van der Waals surface area (Å²) in [4.78, 5) is 30.1. The van der Waals surface area contributed by atoms with Gasteiger partial charge < -0.3 is 14.9 Å². The van der Waals surface area contributed by atoms with E-state index < -0.39 is 30.5 Å². The Kier molecular flexibility index (Phi) is 5.86. The van der Waals surface area contributed by atoms with Gasteiger partial charge in [0.05, 0.1) is 5.92 Å². The number of carboxylic acids is 1. The van der Waals surface area contributed by atoms with Gasteiger partial charge in [0.15, 0.2) is 5.69 Å². The van der Waals surface area contributed by atoms with Gasteiger partial charge in [-0.1, -0.05) is 6.07 Å². The molecule has 0 saturated carbocycles. The van der Waals surface area contributed by atoms with Crippen LogP contribution in [0.1, 0.15) is 30.3 Å². The van der Waals surface area contributed by atoms with Crippen molar-refractivity contribution in [2.45, 2.75) is 25.9 Å². The average Bonchev–Trinajstić information content (AvgIpc) is 2.58. The molecular weight excluding hydrogens is 339 g/mol. The molecule has 1 aromatic rings. The molecule has 1 N–H and O–H groups in total. The third-order valence-electron chi connectivity index (χ3n) is 4.11. The van der Waals surface area contributed by atoms with E-state index >= 15 is 0 Å². The Hall–Kier alpha value is -2.32. The van der Waals surface area contributed by atoms with E-state index in [-0.39, 0.29) is 18.8 Å². The molecule has 1 aliphatic rings. The van der Waals surface area contributed by atoms with Crippen LogP contribution in [0.4, 0.5) is 19.0 Å². The Morgan fingerprint density at radius 1 is 1.40 bits per heavy atom. The van der Waals surface area contributed by atoms with E-state index in [9.17, 15) is 22.8 Å². The summed E-state index contributed by atoms with van der Waals surface area (Å²) in [6.45, 7) is 1.05. The number of aromatic carboxylic acids is 1. The van der Waals surface area contributed by atoms with Gasteiger partial charge in [-0.2, -0.15) is 13.2 Å². The molecule has 0 radical (unpaired) electrons. The highest BCUT2D eigenvalue weighted by Gasteiger charge is 2.36.